The van der Waals surface area contributed by atoms with Crippen LogP contribution >= 0.6 is 11.8 Å². The molecule has 0 aromatic carbocycles. The number of aliphatic hydroxyl groups excluding tert-OH is 1. The molecule has 3 nitrogen and oxygen atoms in total. The topological polar surface area (TPSA) is 46.5 Å². The van der Waals surface area contributed by atoms with Gasteiger partial charge in [-0.25, -0.2) is 0 Å². The zero-order chi connectivity index (χ0) is 10.1. The molecule has 0 saturated heterocycles. The fourth-order valence-corrected chi connectivity index (χ4v) is 1.90. The number of rotatable bonds is 7. The lowest BCUT2D eigenvalue weighted by Gasteiger charge is -2.08. The van der Waals surface area contributed by atoms with E-state index in [1.54, 1.807) is 11.8 Å². The third kappa shape index (κ3) is 8.12. The average molecular weight is 206 g/mol. The van der Waals surface area contributed by atoms with Crippen molar-refractivity contribution in [2.24, 2.45) is 0 Å². The highest BCUT2D eigenvalue weighted by atomic mass is 32.2. The molecule has 0 spiro atoms. The predicted molar refractivity (Wildman–Crippen MR) is 54.9 cm³/mol. The van der Waals surface area contributed by atoms with Crippen molar-refractivity contribution in [1.29, 1.82) is 0 Å². The van der Waals surface area contributed by atoms with Crippen LogP contribution in [-0.4, -0.2) is 35.8 Å². The van der Waals surface area contributed by atoms with Crippen molar-refractivity contribution in [2.75, 3.05) is 19.5 Å². The van der Waals surface area contributed by atoms with E-state index in [0.717, 1.165) is 18.6 Å². The molecule has 0 heterocycles. The van der Waals surface area contributed by atoms with Crippen molar-refractivity contribution >= 4 is 17.7 Å². The fourth-order valence-electron chi connectivity index (χ4n) is 0.875. The number of carbonyl (C=O) groups excluding carboxylic acids is 1. The van der Waals surface area contributed by atoms with E-state index in [-0.39, 0.29) is 12.6 Å². The van der Waals surface area contributed by atoms with Crippen LogP contribution < -0.4 is 0 Å². The molecule has 1 unspecified atom stereocenters. The minimum absolute atomic E-state index is 0.151. The van der Waals surface area contributed by atoms with Crippen molar-refractivity contribution in [3.05, 3.63) is 0 Å². The van der Waals surface area contributed by atoms with E-state index >= 15 is 0 Å². The summed E-state index contributed by atoms with van der Waals surface area (Å²) in [6.45, 7) is 2.27. The number of hydrogen-bond acceptors (Lipinski definition) is 4. The zero-order valence-corrected chi connectivity index (χ0v) is 9.10. The molecule has 1 atom stereocenters. The largest absolute Gasteiger partial charge is 0.469 e. The molecule has 0 amide bonds. The molecule has 0 aromatic heterocycles. The highest BCUT2D eigenvalue weighted by molar-refractivity contribution is 7.99. The Morgan fingerprint density at radius 1 is 1.54 bits per heavy atom. The van der Waals surface area contributed by atoms with Gasteiger partial charge in [-0.1, -0.05) is 6.92 Å². The normalized spacial score (nSPS) is 12.5. The molecule has 0 aromatic rings. The van der Waals surface area contributed by atoms with E-state index in [0.29, 0.717) is 11.7 Å². The summed E-state index contributed by atoms with van der Waals surface area (Å²) in [6.07, 6.45) is 2.32. The van der Waals surface area contributed by atoms with Crippen LogP contribution in [0.15, 0.2) is 0 Å². The first-order valence-electron chi connectivity index (χ1n) is 4.50. The lowest BCUT2D eigenvalue weighted by atomic mass is 10.3. The van der Waals surface area contributed by atoms with Gasteiger partial charge in [-0.15, -0.1) is 0 Å². The number of hydrogen-bond donors (Lipinski definition) is 1. The third-order valence-corrected chi connectivity index (χ3v) is 2.90. The minimum atomic E-state index is -0.151. The molecular formula is C9H18O3S. The highest BCUT2D eigenvalue weighted by Gasteiger charge is 2.08. The zero-order valence-electron chi connectivity index (χ0n) is 8.28. The van der Waals surface area contributed by atoms with Gasteiger partial charge in [0.15, 0.2) is 0 Å². The van der Waals surface area contributed by atoms with Gasteiger partial charge in [0, 0.05) is 11.9 Å². The highest BCUT2D eigenvalue weighted by Crippen LogP contribution is 2.15. The summed E-state index contributed by atoms with van der Waals surface area (Å²) in [5.74, 6) is 0.848. The molecule has 1 N–H and O–H groups in total. The van der Waals surface area contributed by atoms with Gasteiger partial charge in [0.25, 0.3) is 0 Å². The van der Waals surface area contributed by atoms with Gasteiger partial charge < -0.3 is 9.84 Å². The first-order valence-corrected chi connectivity index (χ1v) is 5.55. The second kappa shape index (κ2) is 8.38. The van der Waals surface area contributed by atoms with Crippen molar-refractivity contribution in [3.63, 3.8) is 0 Å². The summed E-state index contributed by atoms with van der Waals surface area (Å²) >= 11 is 1.75. The molecule has 4 heteroatoms. The van der Waals surface area contributed by atoms with E-state index in [2.05, 4.69) is 4.74 Å². The van der Waals surface area contributed by atoms with Crippen LogP contribution in [-0.2, 0) is 9.53 Å². The Morgan fingerprint density at radius 2 is 2.23 bits per heavy atom. The van der Waals surface area contributed by atoms with E-state index in [1.165, 1.54) is 7.11 Å². The molecule has 0 aliphatic heterocycles. The molecule has 13 heavy (non-hydrogen) atoms. The van der Waals surface area contributed by atoms with Gasteiger partial charge in [-0.05, 0) is 18.6 Å². The maximum Gasteiger partial charge on any atom is 0.306 e. The Morgan fingerprint density at radius 3 is 2.77 bits per heavy atom. The molecule has 0 aliphatic carbocycles. The number of methoxy groups -OCH3 is 1. The van der Waals surface area contributed by atoms with Crippen molar-refractivity contribution in [1.82, 2.24) is 0 Å². The molecule has 0 aliphatic rings. The van der Waals surface area contributed by atoms with Gasteiger partial charge in [0.05, 0.1) is 13.5 Å². The second-order valence-electron chi connectivity index (χ2n) is 2.89. The molecular weight excluding hydrogens is 188 g/mol. The van der Waals surface area contributed by atoms with E-state index in [4.69, 9.17) is 5.11 Å². The van der Waals surface area contributed by atoms with Crippen LogP contribution in [0.5, 0.6) is 0 Å². The number of ether oxygens (including phenoxy) is 1. The Labute approximate surface area is 83.9 Å². The molecule has 0 bridgehead atoms. The molecule has 0 rings (SSSR count). The Hall–Kier alpha value is -0.220. The predicted octanol–water partition coefficient (Wildman–Crippen LogP) is 1.44. The second-order valence-corrected chi connectivity index (χ2v) is 4.44. The summed E-state index contributed by atoms with van der Waals surface area (Å²) in [4.78, 5) is 10.8. The molecule has 0 radical (unpaired) electrons. The number of carbonyl (C=O) groups is 1. The van der Waals surface area contributed by atoms with Gasteiger partial charge in [-0.3, -0.25) is 4.79 Å². The number of thioether (sulfide) groups is 1. The van der Waals surface area contributed by atoms with Gasteiger partial charge in [0.2, 0.25) is 0 Å². The van der Waals surface area contributed by atoms with E-state index < -0.39 is 0 Å². The van der Waals surface area contributed by atoms with E-state index in [1.807, 2.05) is 6.92 Å². The lowest BCUT2D eigenvalue weighted by Crippen LogP contribution is -2.09. The van der Waals surface area contributed by atoms with Crippen LogP contribution in [0.4, 0.5) is 0 Å². The first kappa shape index (κ1) is 12.8. The summed E-state index contributed by atoms with van der Waals surface area (Å²) < 4.78 is 4.56. The van der Waals surface area contributed by atoms with Crippen LogP contribution in [0.1, 0.15) is 26.2 Å². The van der Waals surface area contributed by atoms with Crippen molar-refractivity contribution in [3.8, 4) is 0 Å². The molecule has 78 valence electrons. The smallest absolute Gasteiger partial charge is 0.306 e. The quantitative estimate of drug-likeness (QED) is 0.506. The maximum absolute atomic E-state index is 10.8. The summed E-state index contributed by atoms with van der Waals surface area (Å²) in [6, 6.07) is 0. The Kier molecular flexibility index (Phi) is 8.24. The van der Waals surface area contributed by atoms with Crippen LogP contribution in [0.2, 0.25) is 0 Å². The Balaban J connectivity index is 3.29. The summed E-state index contributed by atoms with van der Waals surface area (Å²) in [5, 5.41) is 8.84. The number of aliphatic hydroxyl groups is 1. The van der Waals surface area contributed by atoms with Crippen LogP contribution in [0.25, 0.3) is 0 Å². The fraction of sp³-hybridized carbons (Fsp3) is 0.889. The van der Waals surface area contributed by atoms with E-state index in [9.17, 15) is 4.79 Å². The van der Waals surface area contributed by atoms with Crippen molar-refractivity contribution in [2.45, 2.75) is 31.4 Å². The lowest BCUT2D eigenvalue weighted by molar-refractivity contribution is -0.140. The number of esters is 1. The average Bonchev–Trinajstić information content (AvgIpc) is 2.12. The maximum atomic E-state index is 10.8. The van der Waals surface area contributed by atoms with Gasteiger partial charge >= 0.3 is 5.97 Å². The first-order chi connectivity index (χ1) is 6.20. The summed E-state index contributed by atoms with van der Waals surface area (Å²) in [5.41, 5.74) is 0. The van der Waals surface area contributed by atoms with Gasteiger partial charge in [-0.2, -0.15) is 11.8 Å². The molecule has 0 saturated carbocycles. The van der Waals surface area contributed by atoms with Gasteiger partial charge in [0.1, 0.15) is 0 Å². The number of unbranched alkanes of at least 4 members (excludes halogenated alkanes) is 1. The standard InChI is InChI=1S/C9H18O3S/c1-8(7-9(11)12-2)13-6-4-3-5-10/h8,10H,3-7H2,1-2H3. The van der Waals surface area contributed by atoms with Crippen LogP contribution in [0.3, 0.4) is 0 Å². The third-order valence-electron chi connectivity index (χ3n) is 1.64. The SMILES string of the molecule is COC(=O)CC(C)SCCCCO. The van der Waals surface area contributed by atoms with Crippen LogP contribution in [0, 0.1) is 0 Å². The monoisotopic (exact) mass is 206 g/mol. The Bertz CT molecular complexity index is 139. The molecule has 0 fully saturated rings. The summed E-state index contributed by atoms with van der Waals surface area (Å²) in [7, 11) is 1.41. The van der Waals surface area contributed by atoms with Crippen molar-refractivity contribution < 1.29 is 14.6 Å². The minimum Gasteiger partial charge on any atom is -0.469 e.